The fourth-order valence-corrected chi connectivity index (χ4v) is 4.66. The summed E-state index contributed by atoms with van der Waals surface area (Å²) >= 11 is 7.38. The smallest absolute Gasteiger partial charge is 0.0615 e. The van der Waals surface area contributed by atoms with Crippen molar-refractivity contribution in [3.8, 4) is 0 Å². The fraction of sp³-hybridized carbons (Fsp3) is 0.455. The molecular formula is C22H28Br2N2. The number of nitrogens with one attached hydrogen (secondary N) is 1. The van der Waals surface area contributed by atoms with Crippen molar-refractivity contribution in [3.05, 3.63) is 56.5 Å². The molecule has 2 aromatic carbocycles. The maximum absolute atomic E-state index is 3.76. The third-order valence-corrected chi connectivity index (χ3v) is 7.27. The highest BCUT2D eigenvalue weighted by Gasteiger charge is 2.32. The van der Waals surface area contributed by atoms with Gasteiger partial charge in [-0.25, -0.2) is 0 Å². The predicted octanol–water partition coefficient (Wildman–Crippen LogP) is 7.63. The van der Waals surface area contributed by atoms with Crippen molar-refractivity contribution in [3.63, 3.8) is 0 Å². The minimum absolute atomic E-state index is 0.384. The highest BCUT2D eigenvalue weighted by Crippen LogP contribution is 2.40. The topological polar surface area (TPSA) is 15.3 Å². The molecule has 26 heavy (non-hydrogen) atoms. The number of halogens is 2. The van der Waals surface area contributed by atoms with Crippen LogP contribution in [0.1, 0.15) is 50.7 Å². The summed E-state index contributed by atoms with van der Waals surface area (Å²) in [6, 6.07) is 13.3. The van der Waals surface area contributed by atoms with E-state index in [1.165, 1.54) is 42.5 Å². The van der Waals surface area contributed by atoms with Crippen molar-refractivity contribution < 1.29 is 0 Å². The lowest BCUT2D eigenvalue weighted by atomic mass is 9.75. The van der Waals surface area contributed by atoms with Gasteiger partial charge >= 0.3 is 0 Å². The molecule has 1 unspecified atom stereocenters. The monoisotopic (exact) mass is 478 g/mol. The molecule has 0 spiro atoms. The number of hydrazine groups is 1. The van der Waals surface area contributed by atoms with E-state index in [-0.39, 0.29) is 0 Å². The van der Waals surface area contributed by atoms with Crippen molar-refractivity contribution in [2.45, 2.75) is 59.4 Å². The molecule has 1 aliphatic carbocycles. The van der Waals surface area contributed by atoms with Gasteiger partial charge in [-0.2, -0.15) is 0 Å². The molecule has 1 atom stereocenters. The largest absolute Gasteiger partial charge is 0.298 e. The molecular weight excluding hydrogens is 452 g/mol. The van der Waals surface area contributed by atoms with Gasteiger partial charge in [0.15, 0.2) is 0 Å². The lowest BCUT2D eigenvalue weighted by Gasteiger charge is -2.43. The second kappa shape index (κ2) is 7.93. The van der Waals surface area contributed by atoms with Gasteiger partial charge in [-0.3, -0.25) is 10.4 Å². The van der Waals surface area contributed by atoms with Crippen molar-refractivity contribution in [2.24, 2.45) is 5.41 Å². The Balaban J connectivity index is 2.01. The summed E-state index contributed by atoms with van der Waals surface area (Å²) in [5, 5.41) is 2.41. The molecule has 1 saturated carbocycles. The standard InChI is InChI=1S/C22H28Br2N2/c1-15-18(23)9-5-11-20(15)25-26(17-8-7-13-22(3,4)14-17)21-12-6-10-19(24)16(21)2/h5-6,9-12,17,25H,7-8,13-14H2,1-4H3. The van der Waals surface area contributed by atoms with E-state index in [1.54, 1.807) is 0 Å². The molecule has 2 nitrogen and oxygen atoms in total. The lowest BCUT2D eigenvalue weighted by Crippen LogP contribution is -2.45. The van der Waals surface area contributed by atoms with Gasteiger partial charge in [-0.15, -0.1) is 0 Å². The molecule has 1 N–H and O–H groups in total. The first-order valence-corrected chi connectivity index (χ1v) is 10.9. The van der Waals surface area contributed by atoms with E-state index in [0.29, 0.717) is 11.5 Å². The summed E-state index contributed by atoms with van der Waals surface area (Å²) in [7, 11) is 0. The fourth-order valence-electron chi connectivity index (χ4n) is 3.94. The van der Waals surface area contributed by atoms with Gasteiger partial charge in [0.05, 0.1) is 17.4 Å². The molecule has 0 saturated heterocycles. The van der Waals surface area contributed by atoms with E-state index >= 15 is 0 Å². The van der Waals surface area contributed by atoms with Crippen LogP contribution in [0.15, 0.2) is 45.3 Å². The van der Waals surface area contributed by atoms with E-state index in [9.17, 15) is 0 Å². The van der Waals surface area contributed by atoms with Crippen LogP contribution in [0.3, 0.4) is 0 Å². The number of benzene rings is 2. The van der Waals surface area contributed by atoms with Crippen molar-refractivity contribution in [1.82, 2.24) is 0 Å². The maximum Gasteiger partial charge on any atom is 0.0615 e. The number of rotatable bonds is 4. The zero-order chi connectivity index (χ0) is 18.9. The Kier molecular flexibility index (Phi) is 6.03. The summed E-state index contributed by atoms with van der Waals surface area (Å²) in [5.41, 5.74) is 9.06. The molecule has 3 rings (SSSR count). The lowest BCUT2D eigenvalue weighted by molar-refractivity contribution is 0.217. The summed E-state index contributed by atoms with van der Waals surface area (Å²) in [5.74, 6) is 0. The van der Waals surface area contributed by atoms with Gasteiger partial charge in [0.2, 0.25) is 0 Å². The minimum Gasteiger partial charge on any atom is -0.298 e. The predicted molar refractivity (Wildman–Crippen MR) is 120 cm³/mol. The average Bonchev–Trinajstić information content (AvgIpc) is 2.58. The zero-order valence-electron chi connectivity index (χ0n) is 16.1. The summed E-state index contributed by atoms with van der Waals surface area (Å²) in [6.07, 6.45) is 5.00. The highest BCUT2D eigenvalue weighted by molar-refractivity contribution is 9.10. The number of hydrogen-bond donors (Lipinski definition) is 1. The normalized spacial score (nSPS) is 19.2. The van der Waals surface area contributed by atoms with Crippen molar-refractivity contribution in [2.75, 3.05) is 10.4 Å². The Hall–Kier alpha value is -1.000. The average molecular weight is 480 g/mol. The first kappa shape index (κ1) is 19.8. The Morgan fingerprint density at radius 1 is 1.00 bits per heavy atom. The van der Waals surface area contributed by atoms with E-state index in [1.807, 2.05) is 0 Å². The summed E-state index contributed by atoms with van der Waals surface area (Å²) < 4.78 is 2.29. The van der Waals surface area contributed by atoms with E-state index in [2.05, 4.69) is 106 Å². The second-order valence-corrected chi connectivity index (χ2v) is 9.90. The van der Waals surface area contributed by atoms with Crippen molar-refractivity contribution >= 4 is 43.2 Å². The number of nitrogens with zero attached hydrogens (tertiary/aromatic N) is 1. The van der Waals surface area contributed by atoms with Gasteiger partial charge in [0.1, 0.15) is 0 Å². The first-order chi connectivity index (χ1) is 12.3. The van der Waals surface area contributed by atoms with Crippen LogP contribution in [0, 0.1) is 19.3 Å². The molecule has 1 aliphatic rings. The zero-order valence-corrected chi connectivity index (χ0v) is 19.2. The van der Waals surface area contributed by atoms with E-state index in [0.717, 1.165) is 14.6 Å². The van der Waals surface area contributed by atoms with Crippen LogP contribution in [0.4, 0.5) is 11.4 Å². The van der Waals surface area contributed by atoms with Gasteiger partial charge in [-0.05, 0) is 73.9 Å². The Morgan fingerprint density at radius 3 is 2.35 bits per heavy atom. The van der Waals surface area contributed by atoms with Gasteiger partial charge < -0.3 is 0 Å². The number of hydrogen-bond acceptors (Lipinski definition) is 2. The molecule has 0 radical (unpaired) electrons. The first-order valence-electron chi connectivity index (χ1n) is 9.35. The second-order valence-electron chi connectivity index (χ2n) is 8.19. The van der Waals surface area contributed by atoms with Gasteiger partial charge in [0, 0.05) is 8.95 Å². The van der Waals surface area contributed by atoms with Gasteiger partial charge in [0.25, 0.3) is 0 Å². The van der Waals surface area contributed by atoms with Crippen LogP contribution < -0.4 is 10.4 Å². The van der Waals surface area contributed by atoms with Crippen LogP contribution in [-0.4, -0.2) is 6.04 Å². The molecule has 140 valence electrons. The Labute approximate surface area is 174 Å². The summed E-state index contributed by atoms with van der Waals surface area (Å²) in [4.78, 5) is 0. The van der Waals surface area contributed by atoms with E-state index in [4.69, 9.17) is 0 Å². The van der Waals surface area contributed by atoms with Crippen LogP contribution in [0.5, 0.6) is 0 Å². The van der Waals surface area contributed by atoms with Crippen molar-refractivity contribution in [1.29, 1.82) is 0 Å². The molecule has 0 bridgehead atoms. The molecule has 0 heterocycles. The van der Waals surface area contributed by atoms with Crippen LogP contribution >= 0.6 is 31.9 Å². The molecule has 0 aliphatic heterocycles. The summed E-state index contributed by atoms with van der Waals surface area (Å²) in [6.45, 7) is 9.14. The quantitative estimate of drug-likeness (QED) is 0.453. The SMILES string of the molecule is Cc1c(Br)cccc1NN(c1cccc(Br)c1C)C1CCCC(C)(C)C1. The molecule has 1 fully saturated rings. The third-order valence-electron chi connectivity index (χ3n) is 5.55. The molecule has 0 amide bonds. The molecule has 4 heteroatoms. The minimum atomic E-state index is 0.384. The molecule has 0 aromatic heterocycles. The Morgan fingerprint density at radius 2 is 1.65 bits per heavy atom. The number of anilines is 2. The maximum atomic E-state index is 3.76. The third kappa shape index (κ3) is 4.28. The molecule has 2 aromatic rings. The highest BCUT2D eigenvalue weighted by atomic mass is 79.9. The van der Waals surface area contributed by atoms with Gasteiger partial charge in [-0.1, -0.05) is 64.3 Å². The van der Waals surface area contributed by atoms with Crippen LogP contribution in [0.25, 0.3) is 0 Å². The van der Waals surface area contributed by atoms with Crippen LogP contribution in [-0.2, 0) is 0 Å². The van der Waals surface area contributed by atoms with E-state index < -0.39 is 0 Å². The van der Waals surface area contributed by atoms with Crippen LogP contribution in [0.2, 0.25) is 0 Å². The Bertz CT molecular complexity index is 786.